The molecule has 1 aromatic rings. The van der Waals surface area contributed by atoms with Gasteiger partial charge in [0.2, 0.25) is 0 Å². The smallest absolute Gasteiger partial charge is 0.122 e. The first kappa shape index (κ1) is 16.9. The van der Waals surface area contributed by atoms with Crippen LogP contribution in [0.4, 0.5) is 0 Å². The van der Waals surface area contributed by atoms with Gasteiger partial charge < -0.3 is 19.5 Å². The summed E-state index contributed by atoms with van der Waals surface area (Å²) in [6, 6.07) is 3.82. The number of rotatable bonds is 11. The molecule has 0 fully saturated rings. The van der Waals surface area contributed by atoms with E-state index in [1.807, 2.05) is 12.1 Å². The highest BCUT2D eigenvalue weighted by molar-refractivity contribution is 5.22. The molecule has 0 aliphatic rings. The van der Waals surface area contributed by atoms with Crippen molar-refractivity contribution in [1.82, 2.24) is 10.3 Å². The lowest BCUT2D eigenvalue weighted by Gasteiger charge is -2.09. The van der Waals surface area contributed by atoms with E-state index in [0.29, 0.717) is 32.3 Å². The second-order valence-corrected chi connectivity index (χ2v) is 4.96. The van der Waals surface area contributed by atoms with Gasteiger partial charge in [0.15, 0.2) is 0 Å². The van der Waals surface area contributed by atoms with E-state index in [-0.39, 0.29) is 0 Å². The van der Waals surface area contributed by atoms with Crippen LogP contribution in [0.15, 0.2) is 18.3 Å². The monoisotopic (exact) mass is 282 g/mol. The number of hydrogen-bond acceptors (Lipinski definition) is 5. The van der Waals surface area contributed by atoms with Gasteiger partial charge in [-0.15, -0.1) is 0 Å². The van der Waals surface area contributed by atoms with Gasteiger partial charge in [0.25, 0.3) is 0 Å². The number of nitrogens with one attached hydrogen (secondary N) is 1. The number of hydrogen-bond donors (Lipinski definition) is 1. The maximum Gasteiger partial charge on any atom is 0.122 e. The van der Waals surface area contributed by atoms with Gasteiger partial charge in [-0.3, -0.25) is 4.98 Å². The molecule has 1 rings (SSSR count). The van der Waals surface area contributed by atoms with Gasteiger partial charge >= 0.3 is 0 Å². The van der Waals surface area contributed by atoms with Gasteiger partial charge in [0.1, 0.15) is 12.4 Å². The van der Waals surface area contributed by atoms with Crippen LogP contribution >= 0.6 is 0 Å². The fourth-order valence-corrected chi connectivity index (χ4v) is 1.59. The van der Waals surface area contributed by atoms with Gasteiger partial charge in [0, 0.05) is 25.9 Å². The number of nitrogens with zero attached hydrogens (tertiary/aromatic N) is 1. The molecule has 0 amide bonds. The molecule has 5 heteroatoms. The highest BCUT2D eigenvalue weighted by atomic mass is 16.5. The maximum atomic E-state index is 5.62. The van der Waals surface area contributed by atoms with Crippen LogP contribution in [0.3, 0.4) is 0 Å². The van der Waals surface area contributed by atoms with Crippen molar-refractivity contribution in [3.8, 4) is 5.75 Å². The first-order chi connectivity index (χ1) is 9.72. The first-order valence-electron chi connectivity index (χ1n) is 7.07. The zero-order valence-electron chi connectivity index (χ0n) is 12.7. The van der Waals surface area contributed by atoms with Crippen LogP contribution in [0.1, 0.15) is 19.5 Å². The van der Waals surface area contributed by atoms with E-state index in [4.69, 9.17) is 14.2 Å². The minimum atomic E-state index is 0.534. The summed E-state index contributed by atoms with van der Waals surface area (Å²) in [4.78, 5) is 4.31. The van der Waals surface area contributed by atoms with Crippen molar-refractivity contribution in [2.45, 2.75) is 20.4 Å². The van der Waals surface area contributed by atoms with Crippen LogP contribution in [-0.2, 0) is 16.0 Å². The van der Waals surface area contributed by atoms with E-state index in [1.54, 1.807) is 13.3 Å². The molecule has 0 aliphatic carbocycles. The van der Waals surface area contributed by atoms with Gasteiger partial charge in [0.05, 0.1) is 25.5 Å². The molecule has 0 saturated carbocycles. The van der Waals surface area contributed by atoms with Gasteiger partial charge in [-0.2, -0.15) is 0 Å². The SMILES string of the molecule is COCCOCCOc1ccnc(CNCC(C)C)c1. The largest absolute Gasteiger partial charge is 0.491 e. The summed E-state index contributed by atoms with van der Waals surface area (Å²) < 4.78 is 15.9. The van der Waals surface area contributed by atoms with Gasteiger partial charge in [-0.05, 0) is 18.5 Å². The standard InChI is InChI=1S/C15H26N2O3/c1-13(2)11-16-12-14-10-15(4-5-17-14)20-9-8-19-7-6-18-3/h4-5,10,13,16H,6-9,11-12H2,1-3H3. The van der Waals surface area contributed by atoms with Crippen molar-refractivity contribution in [3.63, 3.8) is 0 Å². The normalized spacial score (nSPS) is 11.0. The Morgan fingerprint density at radius 2 is 2.00 bits per heavy atom. The highest BCUT2D eigenvalue weighted by Gasteiger charge is 2.00. The molecule has 1 aromatic heterocycles. The zero-order valence-corrected chi connectivity index (χ0v) is 12.7. The van der Waals surface area contributed by atoms with E-state index >= 15 is 0 Å². The molecule has 5 nitrogen and oxygen atoms in total. The predicted octanol–water partition coefficient (Wildman–Crippen LogP) is 1.87. The van der Waals surface area contributed by atoms with Crippen molar-refractivity contribution in [3.05, 3.63) is 24.0 Å². The second-order valence-electron chi connectivity index (χ2n) is 4.96. The van der Waals surface area contributed by atoms with E-state index in [0.717, 1.165) is 24.5 Å². The quantitative estimate of drug-likeness (QED) is 0.628. The molecule has 0 radical (unpaired) electrons. The van der Waals surface area contributed by atoms with Crippen LogP contribution in [0.5, 0.6) is 5.75 Å². The Balaban J connectivity index is 2.22. The Bertz CT molecular complexity index is 359. The Morgan fingerprint density at radius 1 is 1.20 bits per heavy atom. The molecule has 0 unspecified atom stereocenters. The van der Waals surface area contributed by atoms with Crippen LogP contribution < -0.4 is 10.1 Å². The van der Waals surface area contributed by atoms with E-state index < -0.39 is 0 Å². The second kappa shape index (κ2) is 10.6. The third-order valence-corrected chi connectivity index (χ3v) is 2.57. The zero-order chi connectivity index (χ0) is 14.6. The van der Waals surface area contributed by atoms with Crippen molar-refractivity contribution in [1.29, 1.82) is 0 Å². The summed E-state index contributed by atoms with van der Waals surface area (Å²) in [5.41, 5.74) is 0.989. The Labute approximate surface area is 121 Å². The van der Waals surface area contributed by atoms with Crippen LogP contribution in [-0.4, -0.2) is 45.1 Å². The number of aromatic nitrogens is 1. The van der Waals surface area contributed by atoms with Crippen LogP contribution in [0.25, 0.3) is 0 Å². The Morgan fingerprint density at radius 3 is 2.75 bits per heavy atom. The average molecular weight is 282 g/mol. The number of methoxy groups -OCH3 is 1. The molecular formula is C15H26N2O3. The van der Waals surface area contributed by atoms with Crippen molar-refractivity contribution in [2.24, 2.45) is 5.92 Å². The summed E-state index contributed by atoms with van der Waals surface area (Å²) in [6.45, 7) is 8.42. The maximum absolute atomic E-state index is 5.62. The molecule has 114 valence electrons. The fourth-order valence-electron chi connectivity index (χ4n) is 1.59. The minimum absolute atomic E-state index is 0.534. The lowest BCUT2D eigenvalue weighted by Crippen LogP contribution is -2.19. The van der Waals surface area contributed by atoms with Gasteiger partial charge in [-0.25, -0.2) is 0 Å². The summed E-state index contributed by atoms with van der Waals surface area (Å²) >= 11 is 0. The molecular weight excluding hydrogens is 256 g/mol. The topological polar surface area (TPSA) is 52.6 Å². The van der Waals surface area contributed by atoms with E-state index in [1.165, 1.54) is 0 Å². The molecule has 0 saturated heterocycles. The third-order valence-electron chi connectivity index (χ3n) is 2.57. The van der Waals surface area contributed by atoms with Crippen molar-refractivity contribution in [2.75, 3.05) is 40.1 Å². The lowest BCUT2D eigenvalue weighted by atomic mass is 10.2. The lowest BCUT2D eigenvalue weighted by molar-refractivity contribution is 0.0544. The number of ether oxygens (including phenoxy) is 3. The van der Waals surface area contributed by atoms with Gasteiger partial charge in [-0.1, -0.05) is 13.8 Å². The first-order valence-corrected chi connectivity index (χ1v) is 7.07. The fraction of sp³-hybridized carbons (Fsp3) is 0.667. The molecule has 1 heterocycles. The van der Waals surface area contributed by atoms with E-state index in [9.17, 15) is 0 Å². The molecule has 0 spiro atoms. The van der Waals surface area contributed by atoms with E-state index in [2.05, 4.69) is 24.1 Å². The molecule has 0 bridgehead atoms. The molecule has 1 N–H and O–H groups in total. The summed E-state index contributed by atoms with van der Waals surface area (Å²) in [5, 5.41) is 3.36. The van der Waals surface area contributed by atoms with Crippen molar-refractivity contribution < 1.29 is 14.2 Å². The molecule has 20 heavy (non-hydrogen) atoms. The van der Waals surface area contributed by atoms with Crippen LogP contribution in [0.2, 0.25) is 0 Å². The van der Waals surface area contributed by atoms with Crippen molar-refractivity contribution >= 4 is 0 Å². The van der Waals surface area contributed by atoms with Crippen LogP contribution in [0, 0.1) is 5.92 Å². The molecule has 0 aromatic carbocycles. The summed E-state index contributed by atoms with van der Waals surface area (Å²) in [5.74, 6) is 1.47. The third kappa shape index (κ3) is 8.09. The Kier molecular flexibility index (Phi) is 8.95. The molecule has 0 atom stereocenters. The predicted molar refractivity (Wildman–Crippen MR) is 79.0 cm³/mol. The average Bonchev–Trinajstić information content (AvgIpc) is 2.43. The Hall–Kier alpha value is -1.17. The summed E-state index contributed by atoms with van der Waals surface area (Å²) in [7, 11) is 1.66. The minimum Gasteiger partial charge on any atom is -0.491 e. The molecule has 0 aliphatic heterocycles. The summed E-state index contributed by atoms with van der Waals surface area (Å²) in [6.07, 6.45) is 1.77. The number of pyridine rings is 1. The highest BCUT2D eigenvalue weighted by Crippen LogP contribution is 2.10.